The van der Waals surface area contributed by atoms with Crippen molar-refractivity contribution in [1.29, 1.82) is 0 Å². The van der Waals surface area contributed by atoms with Crippen LogP contribution in [0.2, 0.25) is 0 Å². The Labute approximate surface area is 257 Å². The summed E-state index contributed by atoms with van der Waals surface area (Å²) in [5.41, 5.74) is 2.98. The first kappa shape index (κ1) is 30.2. The zero-order chi connectivity index (χ0) is 31.4. The van der Waals surface area contributed by atoms with Crippen LogP contribution >= 0.6 is 11.3 Å². The number of aromatic nitrogens is 3. The number of nitrogens with zero attached hydrogens (tertiary/aromatic N) is 3. The summed E-state index contributed by atoms with van der Waals surface area (Å²) in [5, 5.41) is 7.76. The molecule has 0 unspecified atom stereocenters. The second kappa shape index (κ2) is 12.9. The van der Waals surface area contributed by atoms with E-state index in [9.17, 15) is 9.59 Å². The van der Waals surface area contributed by atoms with Gasteiger partial charge in [-0.15, -0.1) is 0 Å². The lowest BCUT2D eigenvalue weighted by molar-refractivity contribution is -0.118. The van der Waals surface area contributed by atoms with Gasteiger partial charge in [-0.2, -0.15) is 9.78 Å². The molecule has 0 saturated carbocycles. The van der Waals surface area contributed by atoms with E-state index in [4.69, 9.17) is 28.4 Å². The summed E-state index contributed by atoms with van der Waals surface area (Å²) in [5.74, 6) is 2.03. The molecule has 0 fully saturated rings. The SMILES string of the molecule is COc1ccc2sc(NC(=O)COc3cc(-c4cc(-c5cc(OC)c(OC)c(OC)c5)nn4C(C)=O)ccc3OC)nc2c1. The van der Waals surface area contributed by atoms with Crippen molar-refractivity contribution in [3.05, 3.63) is 54.6 Å². The van der Waals surface area contributed by atoms with E-state index in [1.165, 1.54) is 51.4 Å². The van der Waals surface area contributed by atoms with Crippen LogP contribution in [0.5, 0.6) is 34.5 Å². The molecular formula is C31H30N4O8S. The molecule has 0 radical (unpaired) electrons. The number of nitrogens with one attached hydrogen (secondary N) is 1. The third-order valence-corrected chi connectivity index (χ3v) is 7.58. The van der Waals surface area contributed by atoms with E-state index in [0.29, 0.717) is 67.7 Å². The molecule has 13 heteroatoms. The van der Waals surface area contributed by atoms with Crippen LogP contribution in [0, 0.1) is 0 Å². The van der Waals surface area contributed by atoms with Crippen molar-refractivity contribution in [1.82, 2.24) is 14.8 Å². The molecule has 44 heavy (non-hydrogen) atoms. The second-order valence-electron chi connectivity index (χ2n) is 9.31. The molecule has 3 aromatic carbocycles. The number of anilines is 1. The summed E-state index contributed by atoms with van der Waals surface area (Å²) in [7, 11) is 7.65. The lowest BCUT2D eigenvalue weighted by Crippen LogP contribution is -2.20. The summed E-state index contributed by atoms with van der Waals surface area (Å²) in [6.45, 7) is 1.11. The van der Waals surface area contributed by atoms with Crippen molar-refractivity contribution in [3.8, 4) is 57.0 Å². The third kappa shape index (κ3) is 6.08. The van der Waals surface area contributed by atoms with Gasteiger partial charge in [0.15, 0.2) is 34.7 Å². The van der Waals surface area contributed by atoms with Crippen molar-refractivity contribution in [2.45, 2.75) is 6.92 Å². The molecule has 5 rings (SSSR count). The fourth-order valence-corrected chi connectivity index (χ4v) is 5.39. The van der Waals surface area contributed by atoms with E-state index >= 15 is 0 Å². The molecule has 0 spiro atoms. The number of amides is 1. The first-order valence-electron chi connectivity index (χ1n) is 13.3. The smallest absolute Gasteiger partial charge is 0.264 e. The number of benzene rings is 3. The summed E-state index contributed by atoms with van der Waals surface area (Å²) < 4.78 is 35.2. The molecule has 2 heterocycles. The van der Waals surface area contributed by atoms with Gasteiger partial charge in [-0.05, 0) is 48.5 Å². The average molecular weight is 619 g/mol. The van der Waals surface area contributed by atoms with Crippen LogP contribution in [0.15, 0.2) is 54.6 Å². The van der Waals surface area contributed by atoms with Crippen LogP contribution in [0.4, 0.5) is 5.13 Å². The molecule has 0 atom stereocenters. The van der Waals surface area contributed by atoms with Gasteiger partial charge in [-0.25, -0.2) is 4.98 Å². The lowest BCUT2D eigenvalue weighted by Gasteiger charge is -2.13. The first-order valence-corrected chi connectivity index (χ1v) is 14.1. The van der Waals surface area contributed by atoms with Crippen molar-refractivity contribution < 1.29 is 38.0 Å². The second-order valence-corrected chi connectivity index (χ2v) is 10.3. The molecule has 0 aliphatic rings. The molecule has 0 bridgehead atoms. The fourth-order valence-electron chi connectivity index (χ4n) is 4.53. The van der Waals surface area contributed by atoms with Crippen LogP contribution < -0.4 is 33.7 Å². The maximum absolute atomic E-state index is 12.8. The van der Waals surface area contributed by atoms with Crippen molar-refractivity contribution in [2.75, 3.05) is 47.5 Å². The predicted molar refractivity (Wildman–Crippen MR) is 166 cm³/mol. The maximum atomic E-state index is 12.8. The average Bonchev–Trinajstić information content (AvgIpc) is 3.67. The van der Waals surface area contributed by atoms with Gasteiger partial charge >= 0.3 is 0 Å². The molecular weight excluding hydrogens is 588 g/mol. The van der Waals surface area contributed by atoms with Crippen molar-refractivity contribution in [2.24, 2.45) is 0 Å². The Morgan fingerprint density at radius 2 is 1.50 bits per heavy atom. The minimum absolute atomic E-state index is 0.301. The van der Waals surface area contributed by atoms with Gasteiger partial charge in [-0.3, -0.25) is 14.9 Å². The quantitative estimate of drug-likeness (QED) is 0.201. The number of hydrogen-bond donors (Lipinski definition) is 1. The number of rotatable bonds is 11. The number of hydrogen-bond acceptors (Lipinski definition) is 11. The zero-order valence-electron chi connectivity index (χ0n) is 24.9. The van der Waals surface area contributed by atoms with E-state index in [1.54, 1.807) is 49.6 Å². The molecule has 0 aliphatic heterocycles. The van der Waals surface area contributed by atoms with Crippen LogP contribution in [0.3, 0.4) is 0 Å². The highest BCUT2D eigenvalue weighted by Crippen LogP contribution is 2.42. The molecule has 12 nitrogen and oxygen atoms in total. The lowest BCUT2D eigenvalue weighted by atomic mass is 10.1. The third-order valence-electron chi connectivity index (χ3n) is 6.63. The van der Waals surface area contributed by atoms with Crippen LogP contribution in [0.25, 0.3) is 32.7 Å². The van der Waals surface area contributed by atoms with E-state index in [0.717, 1.165) is 4.70 Å². The van der Waals surface area contributed by atoms with Gasteiger partial charge in [0.1, 0.15) is 5.75 Å². The van der Waals surface area contributed by atoms with Gasteiger partial charge in [0.05, 0.1) is 57.2 Å². The largest absolute Gasteiger partial charge is 0.497 e. The molecule has 5 aromatic rings. The molecule has 0 aliphatic carbocycles. The van der Waals surface area contributed by atoms with Gasteiger partial charge in [0.25, 0.3) is 5.91 Å². The number of ether oxygens (including phenoxy) is 6. The van der Waals surface area contributed by atoms with Crippen molar-refractivity contribution >= 4 is 38.5 Å². The number of carbonyl (C=O) groups excluding carboxylic acids is 2. The standard InChI is InChI=1S/C31H30N4O8S/c1-17(36)35-23(15-21(34-35)19-12-26(40-4)30(42-6)27(13-19)41-5)18-7-9-24(39-3)25(11-18)43-16-29(37)33-31-32-22-14-20(38-2)8-10-28(22)44-31/h7-15H,16H2,1-6H3,(H,32,33,37). The highest BCUT2D eigenvalue weighted by atomic mass is 32.1. The topological polar surface area (TPSA) is 132 Å². The Morgan fingerprint density at radius 1 is 0.795 bits per heavy atom. The van der Waals surface area contributed by atoms with E-state index in [1.807, 2.05) is 12.1 Å². The summed E-state index contributed by atoms with van der Waals surface area (Å²) >= 11 is 1.34. The Hall–Kier alpha value is -5.30. The summed E-state index contributed by atoms with van der Waals surface area (Å²) in [4.78, 5) is 29.9. The highest BCUT2D eigenvalue weighted by Gasteiger charge is 2.20. The number of methoxy groups -OCH3 is 5. The predicted octanol–water partition coefficient (Wildman–Crippen LogP) is 5.55. The Balaban J connectivity index is 1.41. The molecule has 1 amide bonds. The van der Waals surface area contributed by atoms with Crippen molar-refractivity contribution in [3.63, 3.8) is 0 Å². The van der Waals surface area contributed by atoms with Gasteiger partial charge in [0, 0.05) is 24.1 Å². The minimum atomic E-state index is -0.401. The molecule has 228 valence electrons. The summed E-state index contributed by atoms with van der Waals surface area (Å²) in [6, 6.07) is 15.9. The fraction of sp³-hybridized carbons (Fsp3) is 0.226. The highest BCUT2D eigenvalue weighted by molar-refractivity contribution is 7.22. The molecule has 2 aromatic heterocycles. The maximum Gasteiger partial charge on any atom is 0.264 e. The number of fused-ring (bicyclic) bond motifs is 1. The first-order chi connectivity index (χ1) is 21.3. The number of thiazole rings is 1. The Kier molecular flexibility index (Phi) is 8.86. The minimum Gasteiger partial charge on any atom is -0.497 e. The van der Waals surface area contributed by atoms with Crippen LogP contribution in [-0.4, -0.2) is 68.7 Å². The van der Waals surface area contributed by atoms with Gasteiger partial charge in [-0.1, -0.05) is 11.3 Å². The van der Waals surface area contributed by atoms with E-state index in [2.05, 4.69) is 15.4 Å². The molecule has 0 saturated heterocycles. The monoisotopic (exact) mass is 618 g/mol. The number of carbonyl (C=O) groups is 2. The summed E-state index contributed by atoms with van der Waals surface area (Å²) in [6.07, 6.45) is 0. The van der Waals surface area contributed by atoms with E-state index < -0.39 is 5.91 Å². The molecule has 1 N–H and O–H groups in total. The van der Waals surface area contributed by atoms with Gasteiger partial charge in [0.2, 0.25) is 11.7 Å². The van der Waals surface area contributed by atoms with E-state index in [-0.39, 0.29) is 12.5 Å². The Morgan fingerprint density at radius 3 is 2.14 bits per heavy atom. The van der Waals surface area contributed by atoms with Crippen LogP contribution in [-0.2, 0) is 4.79 Å². The normalized spacial score (nSPS) is 10.8. The zero-order valence-corrected chi connectivity index (χ0v) is 25.7. The Bertz CT molecular complexity index is 1820. The van der Waals surface area contributed by atoms with Crippen LogP contribution in [0.1, 0.15) is 11.7 Å². The van der Waals surface area contributed by atoms with Gasteiger partial charge < -0.3 is 28.4 Å².